The second kappa shape index (κ2) is 3.36. The van der Waals surface area contributed by atoms with Crippen molar-refractivity contribution < 1.29 is 9.53 Å². The second-order valence-electron chi connectivity index (χ2n) is 5.31. The van der Waals surface area contributed by atoms with Gasteiger partial charge in [-0.2, -0.15) is 0 Å². The van der Waals surface area contributed by atoms with Gasteiger partial charge in [-0.3, -0.25) is 0 Å². The quantitative estimate of drug-likeness (QED) is 0.487. The standard InChI is InChI=1S/C13H18O2/c1-15-13(14)7-9-5-8-6-12(9)11-4-2-3-10(8)11/h7-8,10-12H,2-6H2,1H3/b9-7-. The first-order valence-electron chi connectivity index (χ1n) is 6.08. The van der Waals surface area contributed by atoms with E-state index in [1.54, 1.807) is 6.08 Å². The minimum Gasteiger partial charge on any atom is -0.466 e. The van der Waals surface area contributed by atoms with Gasteiger partial charge >= 0.3 is 5.97 Å². The van der Waals surface area contributed by atoms with Crippen molar-refractivity contribution in [1.29, 1.82) is 0 Å². The molecule has 15 heavy (non-hydrogen) atoms. The van der Waals surface area contributed by atoms with Crippen LogP contribution >= 0.6 is 0 Å². The molecule has 0 amide bonds. The van der Waals surface area contributed by atoms with Gasteiger partial charge in [0.15, 0.2) is 0 Å². The fraction of sp³-hybridized carbons (Fsp3) is 0.769. The van der Waals surface area contributed by atoms with E-state index in [1.807, 2.05) is 0 Å². The Bertz CT molecular complexity index is 318. The van der Waals surface area contributed by atoms with Gasteiger partial charge in [-0.15, -0.1) is 0 Å². The third-order valence-electron chi connectivity index (χ3n) is 4.78. The molecule has 2 bridgehead atoms. The highest BCUT2D eigenvalue weighted by Gasteiger charge is 2.51. The van der Waals surface area contributed by atoms with Crippen molar-refractivity contribution in [1.82, 2.24) is 0 Å². The third-order valence-corrected chi connectivity index (χ3v) is 4.78. The molecular weight excluding hydrogens is 188 g/mol. The maximum atomic E-state index is 11.2. The van der Waals surface area contributed by atoms with Gasteiger partial charge in [0, 0.05) is 6.08 Å². The Morgan fingerprint density at radius 3 is 3.00 bits per heavy atom. The minimum atomic E-state index is -0.160. The van der Waals surface area contributed by atoms with E-state index in [9.17, 15) is 4.79 Å². The molecule has 0 spiro atoms. The molecule has 3 saturated carbocycles. The average molecular weight is 206 g/mol. The molecule has 3 fully saturated rings. The Morgan fingerprint density at radius 1 is 1.40 bits per heavy atom. The lowest BCUT2D eigenvalue weighted by Crippen LogP contribution is -2.19. The number of hydrogen-bond donors (Lipinski definition) is 0. The predicted molar refractivity (Wildman–Crippen MR) is 57.1 cm³/mol. The van der Waals surface area contributed by atoms with Crippen molar-refractivity contribution in [3.05, 3.63) is 11.6 Å². The molecule has 0 radical (unpaired) electrons. The molecule has 3 rings (SSSR count). The summed E-state index contributed by atoms with van der Waals surface area (Å²) in [6, 6.07) is 0. The highest BCUT2D eigenvalue weighted by atomic mass is 16.5. The number of methoxy groups -OCH3 is 1. The van der Waals surface area contributed by atoms with Gasteiger partial charge in [-0.25, -0.2) is 4.79 Å². The minimum absolute atomic E-state index is 0.160. The van der Waals surface area contributed by atoms with Crippen molar-refractivity contribution in [2.45, 2.75) is 32.1 Å². The van der Waals surface area contributed by atoms with Crippen LogP contribution in [0.2, 0.25) is 0 Å². The molecule has 3 aliphatic carbocycles. The summed E-state index contributed by atoms with van der Waals surface area (Å²) in [5.41, 5.74) is 1.38. The van der Waals surface area contributed by atoms with E-state index >= 15 is 0 Å². The Hall–Kier alpha value is -0.790. The highest BCUT2D eigenvalue weighted by Crippen LogP contribution is 2.60. The van der Waals surface area contributed by atoms with Crippen LogP contribution in [0, 0.1) is 23.7 Å². The molecule has 82 valence electrons. The summed E-state index contributed by atoms with van der Waals surface area (Å²) in [6.45, 7) is 0. The average Bonchev–Trinajstić information content (AvgIpc) is 2.87. The third kappa shape index (κ3) is 1.34. The second-order valence-corrected chi connectivity index (χ2v) is 5.31. The van der Waals surface area contributed by atoms with E-state index in [-0.39, 0.29) is 5.97 Å². The normalized spacial score (nSPS) is 44.7. The van der Waals surface area contributed by atoms with Crippen LogP contribution in [0.25, 0.3) is 0 Å². The van der Waals surface area contributed by atoms with Crippen molar-refractivity contribution in [3.63, 3.8) is 0 Å². The Kier molecular flexibility index (Phi) is 2.11. The number of esters is 1. The molecule has 0 aromatic heterocycles. The highest BCUT2D eigenvalue weighted by molar-refractivity contribution is 5.82. The Labute approximate surface area is 90.7 Å². The number of fused-ring (bicyclic) bond motifs is 5. The predicted octanol–water partition coefficient (Wildman–Crippen LogP) is 2.54. The Morgan fingerprint density at radius 2 is 2.20 bits per heavy atom. The van der Waals surface area contributed by atoms with Crippen LogP contribution < -0.4 is 0 Å². The topological polar surface area (TPSA) is 26.3 Å². The maximum absolute atomic E-state index is 11.2. The zero-order chi connectivity index (χ0) is 10.4. The zero-order valence-electron chi connectivity index (χ0n) is 9.24. The summed E-state index contributed by atoms with van der Waals surface area (Å²) in [5.74, 6) is 3.34. The molecule has 3 aliphatic rings. The first-order chi connectivity index (χ1) is 7.29. The fourth-order valence-corrected chi connectivity index (χ4v) is 4.27. The van der Waals surface area contributed by atoms with E-state index in [2.05, 4.69) is 0 Å². The van der Waals surface area contributed by atoms with Crippen molar-refractivity contribution in [2.75, 3.05) is 7.11 Å². The summed E-state index contributed by atoms with van der Waals surface area (Å²) in [5, 5.41) is 0. The molecular formula is C13H18O2. The maximum Gasteiger partial charge on any atom is 0.330 e. The largest absolute Gasteiger partial charge is 0.466 e. The van der Waals surface area contributed by atoms with E-state index in [0.29, 0.717) is 0 Å². The van der Waals surface area contributed by atoms with Crippen LogP contribution in [0.1, 0.15) is 32.1 Å². The summed E-state index contributed by atoms with van der Waals surface area (Å²) in [4.78, 5) is 11.2. The molecule has 2 heteroatoms. The van der Waals surface area contributed by atoms with E-state index in [1.165, 1.54) is 44.8 Å². The lowest BCUT2D eigenvalue weighted by atomic mass is 9.79. The number of hydrogen-bond acceptors (Lipinski definition) is 2. The first kappa shape index (κ1) is 9.44. The van der Waals surface area contributed by atoms with Crippen LogP contribution in [0.4, 0.5) is 0 Å². The molecule has 0 aromatic carbocycles. The van der Waals surface area contributed by atoms with Gasteiger partial charge in [-0.05, 0) is 49.4 Å². The van der Waals surface area contributed by atoms with Crippen LogP contribution in [0.5, 0.6) is 0 Å². The molecule has 0 aliphatic heterocycles. The van der Waals surface area contributed by atoms with Gasteiger partial charge < -0.3 is 4.74 Å². The van der Waals surface area contributed by atoms with Gasteiger partial charge in [0.25, 0.3) is 0 Å². The van der Waals surface area contributed by atoms with Crippen molar-refractivity contribution >= 4 is 5.97 Å². The van der Waals surface area contributed by atoms with Crippen LogP contribution in [-0.2, 0) is 9.53 Å². The number of allylic oxidation sites excluding steroid dienone is 1. The summed E-state index contributed by atoms with van der Waals surface area (Å²) >= 11 is 0. The van der Waals surface area contributed by atoms with Crippen LogP contribution in [0.15, 0.2) is 11.6 Å². The molecule has 4 unspecified atom stereocenters. The summed E-state index contributed by atoms with van der Waals surface area (Å²) in [7, 11) is 1.46. The molecule has 0 N–H and O–H groups in total. The van der Waals surface area contributed by atoms with Gasteiger partial charge in [-0.1, -0.05) is 12.0 Å². The van der Waals surface area contributed by atoms with E-state index in [0.717, 1.165) is 23.7 Å². The lowest BCUT2D eigenvalue weighted by Gasteiger charge is -2.26. The van der Waals surface area contributed by atoms with E-state index < -0.39 is 0 Å². The molecule has 4 atom stereocenters. The number of carbonyl (C=O) groups is 1. The van der Waals surface area contributed by atoms with Gasteiger partial charge in [0.05, 0.1) is 7.11 Å². The van der Waals surface area contributed by atoms with Gasteiger partial charge in [0.1, 0.15) is 0 Å². The molecule has 0 heterocycles. The summed E-state index contributed by atoms with van der Waals surface area (Å²) < 4.78 is 4.72. The summed E-state index contributed by atoms with van der Waals surface area (Å²) in [6.07, 6.45) is 8.52. The lowest BCUT2D eigenvalue weighted by molar-refractivity contribution is -0.134. The smallest absolute Gasteiger partial charge is 0.330 e. The molecule has 2 nitrogen and oxygen atoms in total. The van der Waals surface area contributed by atoms with Gasteiger partial charge in [0.2, 0.25) is 0 Å². The Balaban J connectivity index is 1.81. The monoisotopic (exact) mass is 206 g/mol. The fourth-order valence-electron chi connectivity index (χ4n) is 4.27. The van der Waals surface area contributed by atoms with Crippen molar-refractivity contribution in [3.8, 4) is 0 Å². The molecule has 0 aromatic rings. The SMILES string of the molecule is COC(=O)/C=C1/CC2CC1C1CCCC21. The number of rotatable bonds is 1. The van der Waals surface area contributed by atoms with E-state index in [4.69, 9.17) is 4.74 Å². The van der Waals surface area contributed by atoms with Crippen molar-refractivity contribution in [2.24, 2.45) is 23.7 Å². The number of ether oxygens (including phenoxy) is 1. The molecule has 0 saturated heterocycles. The van der Waals surface area contributed by atoms with Crippen LogP contribution in [0.3, 0.4) is 0 Å². The first-order valence-corrected chi connectivity index (χ1v) is 6.08. The van der Waals surface area contributed by atoms with Crippen LogP contribution in [-0.4, -0.2) is 13.1 Å². The zero-order valence-corrected chi connectivity index (χ0v) is 9.24. The number of carbonyl (C=O) groups excluding carboxylic acids is 1.